The van der Waals surface area contributed by atoms with Crippen LogP contribution in [0.5, 0.6) is 0 Å². The maximum atomic E-state index is 13.2. The highest BCUT2D eigenvalue weighted by Gasteiger charge is 2.34. The zero-order valence-electron chi connectivity index (χ0n) is 35.3. The molecular formula is C60H36N2O4. The fraction of sp³-hybridized carbons (Fsp3) is 0. The van der Waals surface area contributed by atoms with Gasteiger partial charge in [0.15, 0.2) is 23.1 Å². The number of benzene rings is 8. The summed E-state index contributed by atoms with van der Waals surface area (Å²) in [6, 6.07) is 59.8. The highest BCUT2D eigenvalue weighted by Crippen LogP contribution is 2.45. The van der Waals surface area contributed by atoms with Crippen LogP contribution >= 0.6 is 0 Å². The Morgan fingerprint density at radius 3 is 1.00 bits per heavy atom. The molecule has 2 aliphatic carbocycles. The van der Waals surface area contributed by atoms with Gasteiger partial charge in [0.05, 0.1) is 33.9 Å². The minimum Gasteiger partial charge on any atom is -0.309 e. The number of hydrogen-bond acceptors (Lipinski definition) is 6. The molecule has 2 heterocycles. The number of anilines is 6. The fourth-order valence-electron chi connectivity index (χ4n) is 9.59. The van der Waals surface area contributed by atoms with Crippen LogP contribution in [0.2, 0.25) is 0 Å². The lowest BCUT2D eigenvalue weighted by Gasteiger charge is -2.28. The quantitative estimate of drug-likeness (QED) is 0.127. The highest BCUT2D eigenvalue weighted by molar-refractivity contribution is 6.42. The van der Waals surface area contributed by atoms with Gasteiger partial charge in [-0.1, -0.05) is 146 Å². The molecule has 6 nitrogen and oxygen atoms in total. The highest BCUT2D eigenvalue weighted by atomic mass is 16.2. The van der Waals surface area contributed by atoms with Gasteiger partial charge in [0.25, 0.3) is 0 Å². The molecule has 0 radical (unpaired) electrons. The number of ketones is 4. The van der Waals surface area contributed by atoms with Crippen molar-refractivity contribution in [3.8, 4) is 11.1 Å². The average Bonchev–Trinajstić information content (AvgIpc) is 3.56. The minimum absolute atomic E-state index is 0.184. The van der Waals surface area contributed by atoms with Gasteiger partial charge >= 0.3 is 0 Å². The van der Waals surface area contributed by atoms with Crippen LogP contribution < -0.4 is 9.80 Å². The Morgan fingerprint density at radius 2 is 0.621 bits per heavy atom. The molecule has 6 heteroatoms. The van der Waals surface area contributed by atoms with Crippen LogP contribution in [0.1, 0.15) is 74.8 Å². The van der Waals surface area contributed by atoms with Gasteiger partial charge < -0.3 is 9.80 Å². The number of fused-ring (bicyclic) bond motifs is 6. The molecule has 8 aromatic rings. The predicted molar refractivity (Wildman–Crippen MR) is 265 cm³/mol. The van der Waals surface area contributed by atoms with Gasteiger partial charge in [0, 0.05) is 33.6 Å². The van der Waals surface area contributed by atoms with Crippen molar-refractivity contribution in [2.24, 2.45) is 0 Å². The molecule has 0 atom stereocenters. The summed E-state index contributed by atoms with van der Waals surface area (Å²) in [7, 11) is 0. The zero-order valence-corrected chi connectivity index (χ0v) is 35.3. The third-order valence-electron chi connectivity index (χ3n) is 12.8. The zero-order chi connectivity index (χ0) is 44.5. The number of carbonyl (C=O) groups is 4. The van der Waals surface area contributed by atoms with Crippen molar-refractivity contribution in [2.45, 2.75) is 0 Å². The molecule has 0 saturated carbocycles. The summed E-state index contributed by atoms with van der Waals surface area (Å²) in [4.78, 5) is 57.4. The molecule has 0 amide bonds. The van der Waals surface area contributed by atoms with Gasteiger partial charge in [-0.15, -0.1) is 0 Å². The predicted octanol–water partition coefficient (Wildman–Crippen LogP) is 14.2. The summed E-state index contributed by atoms with van der Waals surface area (Å²) in [5.74, 6) is -0.965. The molecular weight excluding hydrogens is 813 g/mol. The van der Waals surface area contributed by atoms with E-state index >= 15 is 0 Å². The Morgan fingerprint density at radius 1 is 0.303 bits per heavy atom. The molecule has 0 unspecified atom stereocenters. The lowest BCUT2D eigenvalue weighted by molar-refractivity contribution is 0.0975. The van der Waals surface area contributed by atoms with E-state index < -0.39 is 0 Å². The van der Waals surface area contributed by atoms with Gasteiger partial charge in [-0.05, 0) is 117 Å². The summed E-state index contributed by atoms with van der Waals surface area (Å²) < 4.78 is 0. The first-order chi connectivity index (χ1) is 32.4. The Kier molecular flexibility index (Phi) is 9.00. The number of allylic oxidation sites excluding steroid dienone is 2. The van der Waals surface area contributed by atoms with Crippen molar-refractivity contribution in [1.29, 1.82) is 0 Å². The summed E-state index contributed by atoms with van der Waals surface area (Å²) in [5, 5.41) is 0. The van der Waals surface area contributed by atoms with Crippen molar-refractivity contribution in [3.05, 3.63) is 249 Å². The van der Waals surface area contributed by atoms with Crippen LogP contribution in [0.15, 0.2) is 193 Å². The van der Waals surface area contributed by atoms with Crippen LogP contribution in [-0.2, 0) is 0 Å². The van der Waals surface area contributed by atoms with Crippen LogP contribution in [-0.4, -0.2) is 23.1 Å². The first-order valence-corrected chi connectivity index (χ1v) is 21.8. The molecule has 0 saturated heterocycles. The molecule has 0 N–H and O–H groups in total. The third-order valence-corrected chi connectivity index (χ3v) is 12.8. The lowest BCUT2D eigenvalue weighted by Crippen LogP contribution is -2.12. The van der Waals surface area contributed by atoms with Crippen molar-refractivity contribution in [1.82, 2.24) is 0 Å². The van der Waals surface area contributed by atoms with Crippen LogP contribution in [0, 0.1) is 0 Å². The fourth-order valence-corrected chi connectivity index (χ4v) is 9.59. The number of carbonyl (C=O) groups excluding carboxylic acids is 4. The molecule has 0 fully saturated rings. The number of rotatable bonds is 5. The van der Waals surface area contributed by atoms with Crippen molar-refractivity contribution in [3.63, 3.8) is 0 Å². The van der Waals surface area contributed by atoms with E-state index in [1.54, 1.807) is 60.7 Å². The normalized spacial score (nSPS) is 14.2. The van der Waals surface area contributed by atoms with Crippen molar-refractivity contribution < 1.29 is 19.2 Å². The molecule has 4 aliphatic rings. The van der Waals surface area contributed by atoms with E-state index in [0.717, 1.165) is 78.6 Å². The maximum absolute atomic E-state index is 13.2. The summed E-state index contributed by atoms with van der Waals surface area (Å²) >= 11 is 0. The van der Waals surface area contributed by atoms with E-state index in [4.69, 9.17) is 0 Å². The first-order valence-electron chi connectivity index (χ1n) is 21.8. The van der Waals surface area contributed by atoms with Gasteiger partial charge in [0.1, 0.15) is 0 Å². The van der Waals surface area contributed by atoms with Crippen molar-refractivity contribution in [2.75, 3.05) is 9.80 Å². The number of nitrogens with zero attached hydrogens (tertiary/aromatic N) is 2. The van der Waals surface area contributed by atoms with E-state index in [2.05, 4.69) is 119 Å². The number of para-hydroxylation sites is 2. The smallest absolute Gasteiger partial charge is 0.197 e. The SMILES string of the molecule is O=C1C(=Cc2ccc3c(c2)C=Cc2ccccc2N3c2ccc(-c3ccc(N4c5ccccc5C=Cc5cc(C=C6C(=O)c7ccccc7C6=O)ccc54)cc3)cc2)C(=O)c2ccccc21. The second-order valence-corrected chi connectivity index (χ2v) is 16.7. The Labute approximate surface area is 381 Å². The molecule has 12 rings (SSSR count). The summed E-state index contributed by atoms with van der Waals surface area (Å²) in [6.07, 6.45) is 11.8. The number of Topliss-reactive ketones (excluding diaryl/α,β-unsaturated/α-hetero) is 4. The van der Waals surface area contributed by atoms with E-state index in [9.17, 15) is 19.2 Å². The Bertz CT molecular complexity index is 3240. The number of hydrogen-bond donors (Lipinski definition) is 0. The van der Waals surface area contributed by atoms with Gasteiger partial charge in [-0.3, -0.25) is 19.2 Å². The van der Waals surface area contributed by atoms with E-state index in [1.807, 2.05) is 48.5 Å². The topological polar surface area (TPSA) is 74.8 Å². The van der Waals surface area contributed by atoms with Crippen molar-refractivity contribution >= 4 is 93.7 Å². The Balaban J connectivity index is 0.852. The third kappa shape index (κ3) is 6.34. The van der Waals surface area contributed by atoms with Crippen LogP contribution in [0.25, 0.3) is 47.6 Å². The molecule has 0 bridgehead atoms. The molecule has 66 heavy (non-hydrogen) atoms. The van der Waals surface area contributed by atoms with Crippen LogP contribution in [0.4, 0.5) is 34.1 Å². The first kappa shape index (κ1) is 38.7. The molecule has 8 aromatic carbocycles. The molecule has 2 aliphatic heterocycles. The standard InChI is InChI=1S/C60H36N2O4/c63-57-47-11-3-4-12-48(47)58(64)51(57)35-37-17-31-55-43(33-37)21-19-41-9-1-7-15-53(41)61(55)45-27-23-39(24-28-45)40-25-29-46(30-26-40)62-54-16-8-2-10-42(54)20-22-44-34-38(18-32-56(44)62)36-52-59(65)49-13-5-6-14-50(49)60(52)66/h1-36H. The van der Waals surface area contributed by atoms with E-state index in [-0.39, 0.29) is 34.3 Å². The van der Waals surface area contributed by atoms with Gasteiger partial charge in [0.2, 0.25) is 0 Å². The largest absolute Gasteiger partial charge is 0.309 e. The van der Waals surface area contributed by atoms with Crippen LogP contribution in [0.3, 0.4) is 0 Å². The molecule has 310 valence electrons. The van der Waals surface area contributed by atoms with Gasteiger partial charge in [-0.25, -0.2) is 0 Å². The second kappa shape index (κ2) is 15.4. The Hall–Kier alpha value is -9.00. The summed E-state index contributed by atoms with van der Waals surface area (Å²) in [5.41, 5.74) is 15.9. The van der Waals surface area contributed by atoms with E-state index in [1.165, 1.54) is 0 Å². The van der Waals surface area contributed by atoms with Gasteiger partial charge in [-0.2, -0.15) is 0 Å². The summed E-state index contributed by atoms with van der Waals surface area (Å²) in [6.45, 7) is 0. The minimum atomic E-state index is -0.241. The average molecular weight is 849 g/mol. The second-order valence-electron chi connectivity index (χ2n) is 16.7. The maximum Gasteiger partial charge on any atom is 0.197 e. The molecule has 0 aromatic heterocycles. The lowest BCUT2D eigenvalue weighted by atomic mass is 10.0. The van der Waals surface area contributed by atoms with E-state index in [0.29, 0.717) is 22.3 Å². The molecule has 0 spiro atoms. The monoisotopic (exact) mass is 848 g/mol.